The molecule has 1 heterocycles. The molecule has 1 aliphatic heterocycles. The molecule has 4 bridgehead atoms. The molecule has 0 saturated heterocycles. The van der Waals surface area contributed by atoms with Crippen molar-refractivity contribution >= 4 is 29.8 Å². The van der Waals surface area contributed by atoms with Crippen LogP contribution in [0.3, 0.4) is 0 Å². The number of aryl methyl sites for hydroxylation is 2. The van der Waals surface area contributed by atoms with Gasteiger partial charge in [0, 0.05) is 30.5 Å². The van der Waals surface area contributed by atoms with Crippen LogP contribution in [-0.4, -0.2) is 33.7 Å². The zero-order valence-electron chi connectivity index (χ0n) is 19.7. The van der Waals surface area contributed by atoms with E-state index in [4.69, 9.17) is 9.90 Å². The Morgan fingerprint density at radius 3 is 1.49 bits per heavy atom. The Morgan fingerprint density at radius 2 is 1.09 bits per heavy atom. The zero-order chi connectivity index (χ0) is 24.3. The quantitative estimate of drug-likeness (QED) is 0.305. The fraction of sp³-hybridized carbons (Fsp3) is 0.250. The van der Waals surface area contributed by atoms with E-state index in [-0.39, 0.29) is 17.1 Å². The van der Waals surface area contributed by atoms with Gasteiger partial charge in [0.2, 0.25) is 0 Å². The number of hydrogen-bond donors (Lipinski definition) is 3. The maximum Gasteiger partial charge on any atom is 2.00 e. The van der Waals surface area contributed by atoms with E-state index in [1.807, 2.05) is 60.7 Å². The monoisotopic (exact) mass is 513 g/mol. The molecule has 1 aliphatic rings. The normalized spacial score (nSPS) is 13.2. The zero-order valence-corrected chi connectivity index (χ0v) is 20.9. The van der Waals surface area contributed by atoms with Crippen LogP contribution in [0.25, 0.3) is 0 Å². The van der Waals surface area contributed by atoms with E-state index in [1.54, 1.807) is 12.4 Å². The van der Waals surface area contributed by atoms with E-state index in [0.717, 1.165) is 56.6 Å². The Labute approximate surface area is 216 Å². The fourth-order valence-electron chi connectivity index (χ4n) is 3.78. The van der Waals surface area contributed by atoms with Gasteiger partial charge < -0.3 is 15.3 Å². The molecule has 0 spiro atoms. The van der Waals surface area contributed by atoms with Crippen molar-refractivity contribution in [3.05, 3.63) is 82.9 Å². The van der Waals surface area contributed by atoms with Gasteiger partial charge in [0.1, 0.15) is 11.5 Å². The van der Waals surface area contributed by atoms with Crippen LogP contribution in [0, 0.1) is 0 Å². The van der Waals surface area contributed by atoms with Gasteiger partial charge in [-0.15, -0.1) is 0 Å². The van der Waals surface area contributed by atoms with Crippen molar-refractivity contribution in [1.82, 2.24) is 0 Å². The number of hydrogen-bond acceptors (Lipinski definition) is 5. The van der Waals surface area contributed by atoms with Crippen molar-refractivity contribution in [2.45, 2.75) is 45.4 Å². The second-order valence-electron chi connectivity index (χ2n) is 8.15. The molecule has 3 aromatic rings. The van der Waals surface area contributed by atoms with Crippen LogP contribution >= 0.6 is 0 Å². The number of phenolic OH excluding ortho intramolecular Hbond substituents is 2. The van der Waals surface area contributed by atoms with Gasteiger partial charge in [0.15, 0.2) is 0 Å². The number of carboxylic acids is 1. The molecule has 181 valence electrons. The summed E-state index contributed by atoms with van der Waals surface area (Å²) in [7, 11) is 0. The minimum absolute atomic E-state index is 0. The van der Waals surface area contributed by atoms with Gasteiger partial charge in [-0.2, -0.15) is 0 Å². The maximum absolute atomic E-state index is 10.7. The number of aliphatic carboxylic acids is 1. The molecule has 6 nitrogen and oxygen atoms in total. The number of para-hydroxylation sites is 4. The van der Waals surface area contributed by atoms with E-state index in [9.17, 15) is 10.2 Å². The van der Waals surface area contributed by atoms with Crippen molar-refractivity contribution < 1.29 is 37.2 Å². The molecule has 3 aromatic carbocycles. The summed E-state index contributed by atoms with van der Waals surface area (Å²) in [6, 6.07) is 19.2. The minimum Gasteiger partial charge on any atom is -0.507 e. The Kier molecular flexibility index (Phi) is 11.2. The van der Waals surface area contributed by atoms with E-state index in [0.29, 0.717) is 34.0 Å². The standard InChI is InChI=1S/C26H26N2O2.C2H4O2.Mn/c29-25-19-9-3-1-2-4-10-20-12-8-14-22(26(20)30)18-28-24-16-6-5-15-23(24)27-17-21(25)13-7-11-19;1-2(3)4;/h5-8,11-18,29-30H,1-4,9-10H2;1H3,(H,3,4);/q;;+2. The van der Waals surface area contributed by atoms with Crippen molar-refractivity contribution in [2.24, 2.45) is 9.98 Å². The molecule has 0 amide bonds. The summed E-state index contributed by atoms with van der Waals surface area (Å²) in [6.45, 7) is 1.08. The van der Waals surface area contributed by atoms with Crippen LogP contribution in [-0.2, 0) is 34.7 Å². The molecule has 1 radical (unpaired) electrons. The molecular weight excluding hydrogens is 483 g/mol. The average molecular weight is 513 g/mol. The number of nitrogens with zero attached hydrogens (tertiary/aromatic N) is 2. The van der Waals surface area contributed by atoms with Crippen LogP contribution in [0.15, 0.2) is 70.6 Å². The maximum atomic E-state index is 10.7. The summed E-state index contributed by atoms with van der Waals surface area (Å²) in [6.07, 6.45) is 9.29. The third kappa shape index (κ3) is 8.39. The molecule has 0 fully saturated rings. The second kappa shape index (κ2) is 14.1. The van der Waals surface area contributed by atoms with Crippen molar-refractivity contribution in [3.8, 4) is 11.5 Å². The van der Waals surface area contributed by atoms with E-state index < -0.39 is 5.97 Å². The Bertz CT molecular complexity index is 1100. The number of aliphatic imine (C=N–C) groups is 2. The Hall–Kier alpha value is -3.41. The molecule has 3 N–H and O–H groups in total. The van der Waals surface area contributed by atoms with Gasteiger partial charge in [0.25, 0.3) is 5.97 Å². The van der Waals surface area contributed by atoms with Crippen LogP contribution in [0.4, 0.5) is 11.4 Å². The molecule has 0 aromatic heterocycles. The number of phenols is 2. The fourth-order valence-corrected chi connectivity index (χ4v) is 3.78. The third-order valence-electron chi connectivity index (χ3n) is 5.51. The topological polar surface area (TPSA) is 102 Å². The molecule has 0 saturated carbocycles. The molecule has 0 aliphatic carbocycles. The van der Waals surface area contributed by atoms with E-state index >= 15 is 0 Å². The van der Waals surface area contributed by atoms with E-state index in [1.165, 1.54) is 0 Å². The van der Waals surface area contributed by atoms with Crippen LogP contribution in [0.2, 0.25) is 0 Å². The van der Waals surface area contributed by atoms with Crippen molar-refractivity contribution in [3.63, 3.8) is 0 Å². The first-order valence-corrected chi connectivity index (χ1v) is 11.4. The smallest absolute Gasteiger partial charge is 0.507 e. The number of fused-ring (bicyclic) bond motifs is 5. The summed E-state index contributed by atoms with van der Waals surface area (Å²) in [5, 5.41) is 28.7. The summed E-state index contributed by atoms with van der Waals surface area (Å²) in [5.41, 5.74) is 4.73. The van der Waals surface area contributed by atoms with Crippen LogP contribution in [0.5, 0.6) is 11.5 Å². The number of benzene rings is 3. The number of rotatable bonds is 0. The molecule has 0 atom stereocenters. The number of aromatic hydroxyl groups is 2. The second-order valence-corrected chi connectivity index (χ2v) is 8.15. The average Bonchev–Trinajstić information content (AvgIpc) is 2.81. The van der Waals surface area contributed by atoms with Crippen LogP contribution < -0.4 is 0 Å². The van der Waals surface area contributed by atoms with Gasteiger partial charge in [0.05, 0.1) is 11.4 Å². The first-order valence-electron chi connectivity index (χ1n) is 11.4. The molecular formula is C28H30MnN2O4+2. The SMILES string of the molecule is CC(=O)O.Oc1c2cccc1CCCCCCc1cccc(c1O)C=Nc1ccccc1N=C2.[Mn+2]. The first-order chi connectivity index (χ1) is 16.5. The van der Waals surface area contributed by atoms with E-state index in [2.05, 4.69) is 9.98 Å². The molecule has 4 rings (SSSR count). The summed E-state index contributed by atoms with van der Waals surface area (Å²) >= 11 is 0. The minimum atomic E-state index is -0.833. The Morgan fingerprint density at radius 1 is 0.686 bits per heavy atom. The first kappa shape index (κ1) is 27.8. The molecule has 0 unspecified atom stereocenters. The predicted molar refractivity (Wildman–Crippen MR) is 136 cm³/mol. The third-order valence-corrected chi connectivity index (χ3v) is 5.51. The summed E-state index contributed by atoms with van der Waals surface area (Å²) in [5.74, 6) is -0.216. The van der Waals surface area contributed by atoms with Crippen LogP contribution in [0.1, 0.15) is 54.9 Å². The summed E-state index contributed by atoms with van der Waals surface area (Å²) in [4.78, 5) is 18.2. The van der Waals surface area contributed by atoms with Gasteiger partial charge in [-0.1, -0.05) is 49.2 Å². The largest absolute Gasteiger partial charge is 2.00 e. The number of carbonyl (C=O) groups is 1. The van der Waals surface area contributed by atoms with Gasteiger partial charge in [-0.25, -0.2) is 0 Å². The molecule has 7 heteroatoms. The molecule has 35 heavy (non-hydrogen) atoms. The number of carboxylic acid groups (broad SMARTS) is 1. The Balaban J connectivity index is 0.000000804. The van der Waals surface area contributed by atoms with Gasteiger partial charge >= 0.3 is 17.1 Å². The van der Waals surface area contributed by atoms with Crippen molar-refractivity contribution in [1.29, 1.82) is 0 Å². The summed E-state index contributed by atoms with van der Waals surface area (Å²) < 4.78 is 0. The van der Waals surface area contributed by atoms with Crippen molar-refractivity contribution in [2.75, 3.05) is 0 Å². The predicted octanol–water partition coefficient (Wildman–Crippen LogP) is 6.35. The van der Waals surface area contributed by atoms with Gasteiger partial charge in [-0.3, -0.25) is 14.8 Å². The van der Waals surface area contributed by atoms with Gasteiger partial charge in [-0.05, 0) is 61.1 Å².